The predicted octanol–water partition coefficient (Wildman–Crippen LogP) is 1.15. The lowest BCUT2D eigenvalue weighted by atomic mass is 10.2. The van der Waals surface area contributed by atoms with Crippen LogP contribution < -0.4 is 10.5 Å². The van der Waals surface area contributed by atoms with Crippen molar-refractivity contribution in [2.24, 2.45) is 21.0 Å². The molecule has 5 nitrogen and oxygen atoms in total. The summed E-state index contributed by atoms with van der Waals surface area (Å²) in [6.45, 7) is 0. The van der Waals surface area contributed by atoms with Gasteiger partial charge in [0, 0.05) is 0 Å². The zero-order valence-corrected chi connectivity index (χ0v) is 7.71. The largest absolute Gasteiger partial charge is 0.496 e. The highest BCUT2D eigenvalue weighted by molar-refractivity contribution is 6.02. The summed E-state index contributed by atoms with van der Waals surface area (Å²) in [4.78, 5) is 4.05. The molecule has 0 saturated heterocycles. The van der Waals surface area contributed by atoms with E-state index >= 15 is 0 Å². The van der Waals surface area contributed by atoms with Gasteiger partial charge in [-0.1, -0.05) is 12.1 Å². The van der Waals surface area contributed by atoms with Crippen LogP contribution in [-0.2, 0) is 0 Å². The maximum Gasteiger partial charge on any atom is 0.213 e. The summed E-state index contributed by atoms with van der Waals surface area (Å²) in [5.74, 6) is 1.24. The van der Waals surface area contributed by atoms with Crippen molar-refractivity contribution in [3.63, 3.8) is 0 Å². The van der Waals surface area contributed by atoms with Gasteiger partial charge in [0.15, 0.2) is 5.84 Å². The third-order valence-electron chi connectivity index (χ3n) is 1.87. The maximum atomic E-state index is 5.47. The number of methoxy groups -OCH3 is 1. The van der Waals surface area contributed by atoms with Gasteiger partial charge in [0.1, 0.15) is 5.75 Å². The van der Waals surface area contributed by atoms with Crippen LogP contribution in [0.1, 0.15) is 5.56 Å². The fraction of sp³-hybridized carbons (Fsp3) is 0.222. The SMILES string of the molecule is COc1ccccc1C1=NC(N)N=N1. The normalized spacial score (nSPS) is 19.6. The van der Waals surface area contributed by atoms with E-state index in [-0.39, 0.29) is 0 Å². The molecule has 1 aromatic rings. The Morgan fingerprint density at radius 3 is 2.79 bits per heavy atom. The number of aliphatic imine (C=N–C) groups is 1. The summed E-state index contributed by atoms with van der Waals surface area (Å²) < 4.78 is 5.17. The Kier molecular flexibility index (Phi) is 2.24. The van der Waals surface area contributed by atoms with Crippen molar-refractivity contribution >= 4 is 5.84 Å². The van der Waals surface area contributed by atoms with E-state index in [1.165, 1.54) is 0 Å². The highest BCUT2D eigenvalue weighted by atomic mass is 16.5. The highest BCUT2D eigenvalue weighted by Gasteiger charge is 2.14. The van der Waals surface area contributed by atoms with Gasteiger partial charge in [-0.15, -0.1) is 10.2 Å². The molecule has 5 heteroatoms. The molecule has 0 aliphatic carbocycles. The Balaban J connectivity index is 2.42. The molecule has 0 amide bonds. The second-order valence-electron chi connectivity index (χ2n) is 2.78. The molecule has 1 atom stereocenters. The van der Waals surface area contributed by atoms with Crippen molar-refractivity contribution in [3.8, 4) is 5.75 Å². The first-order valence-corrected chi connectivity index (χ1v) is 4.19. The summed E-state index contributed by atoms with van der Waals surface area (Å²) in [6.07, 6.45) is -0.574. The molecule has 1 aliphatic heterocycles. The molecule has 1 aromatic carbocycles. The minimum atomic E-state index is -0.574. The zero-order chi connectivity index (χ0) is 9.97. The van der Waals surface area contributed by atoms with Gasteiger partial charge >= 0.3 is 0 Å². The first-order valence-electron chi connectivity index (χ1n) is 4.19. The molecule has 1 heterocycles. The number of rotatable bonds is 2. The van der Waals surface area contributed by atoms with Crippen LogP contribution in [0.5, 0.6) is 5.75 Å². The van der Waals surface area contributed by atoms with E-state index < -0.39 is 6.29 Å². The molecule has 1 unspecified atom stereocenters. The van der Waals surface area contributed by atoms with Crippen LogP contribution >= 0.6 is 0 Å². The van der Waals surface area contributed by atoms with Crippen LogP contribution in [0.3, 0.4) is 0 Å². The maximum absolute atomic E-state index is 5.47. The fourth-order valence-corrected chi connectivity index (χ4v) is 1.24. The van der Waals surface area contributed by atoms with Crippen LogP contribution in [0.4, 0.5) is 0 Å². The number of para-hydroxylation sites is 1. The predicted molar refractivity (Wildman–Crippen MR) is 52.4 cm³/mol. The van der Waals surface area contributed by atoms with Crippen LogP contribution in [0.2, 0.25) is 0 Å². The van der Waals surface area contributed by atoms with Crippen LogP contribution in [0, 0.1) is 0 Å². The minimum absolute atomic E-state index is 0.523. The summed E-state index contributed by atoms with van der Waals surface area (Å²) >= 11 is 0. The van der Waals surface area contributed by atoms with Gasteiger partial charge in [0.05, 0.1) is 12.7 Å². The quantitative estimate of drug-likeness (QED) is 0.759. The Hall–Kier alpha value is -1.75. The van der Waals surface area contributed by atoms with Crippen molar-refractivity contribution in [2.45, 2.75) is 6.29 Å². The van der Waals surface area contributed by atoms with Gasteiger partial charge in [-0.25, -0.2) is 4.99 Å². The number of nitrogens with zero attached hydrogens (tertiary/aromatic N) is 3. The molecule has 0 aromatic heterocycles. The molecule has 2 N–H and O–H groups in total. The number of hydrogen-bond donors (Lipinski definition) is 1. The lowest BCUT2D eigenvalue weighted by Gasteiger charge is -2.04. The number of hydrogen-bond acceptors (Lipinski definition) is 5. The fourth-order valence-electron chi connectivity index (χ4n) is 1.24. The van der Waals surface area contributed by atoms with Crippen LogP contribution in [0.15, 0.2) is 39.5 Å². The van der Waals surface area contributed by atoms with E-state index in [0.29, 0.717) is 5.84 Å². The molecule has 2 rings (SSSR count). The van der Waals surface area contributed by atoms with Crippen molar-refractivity contribution in [1.82, 2.24) is 0 Å². The molecule has 0 spiro atoms. The number of azo groups is 1. The number of amidine groups is 1. The third kappa shape index (κ3) is 1.49. The van der Waals surface area contributed by atoms with Crippen LogP contribution in [0.25, 0.3) is 0 Å². The Bertz CT molecular complexity index is 400. The lowest BCUT2D eigenvalue weighted by molar-refractivity contribution is 0.414. The van der Waals surface area contributed by atoms with Gasteiger partial charge in [-0.05, 0) is 12.1 Å². The smallest absolute Gasteiger partial charge is 0.213 e. The summed E-state index contributed by atoms with van der Waals surface area (Å²) in [7, 11) is 1.60. The monoisotopic (exact) mass is 190 g/mol. The van der Waals surface area contributed by atoms with E-state index in [4.69, 9.17) is 10.5 Å². The molecule has 0 saturated carbocycles. The van der Waals surface area contributed by atoms with E-state index in [1.807, 2.05) is 24.3 Å². The van der Waals surface area contributed by atoms with E-state index in [9.17, 15) is 0 Å². The second-order valence-corrected chi connectivity index (χ2v) is 2.78. The van der Waals surface area contributed by atoms with Crippen LogP contribution in [-0.4, -0.2) is 19.2 Å². The standard InChI is InChI=1S/C9H10N4O/c1-14-7-5-3-2-4-6(7)8-11-9(10)13-12-8/h2-5,9H,10H2,1H3. The molecule has 0 fully saturated rings. The third-order valence-corrected chi connectivity index (χ3v) is 1.87. The molecule has 1 aliphatic rings. The van der Waals surface area contributed by atoms with E-state index in [2.05, 4.69) is 15.2 Å². The van der Waals surface area contributed by atoms with Crippen molar-refractivity contribution in [1.29, 1.82) is 0 Å². The minimum Gasteiger partial charge on any atom is -0.496 e. The molecular formula is C9H10N4O. The van der Waals surface area contributed by atoms with Gasteiger partial charge in [-0.2, -0.15) is 0 Å². The average molecular weight is 190 g/mol. The average Bonchev–Trinajstić information content (AvgIpc) is 2.65. The van der Waals surface area contributed by atoms with Gasteiger partial charge < -0.3 is 4.74 Å². The Labute approximate surface area is 81.3 Å². The summed E-state index contributed by atoms with van der Waals surface area (Å²) in [6, 6.07) is 7.49. The number of ether oxygens (including phenoxy) is 1. The highest BCUT2D eigenvalue weighted by Crippen LogP contribution is 2.21. The second kappa shape index (κ2) is 3.55. The van der Waals surface area contributed by atoms with Gasteiger partial charge in [0.25, 0.3) is 0 Å². The summed E-state index contributed by atoms with van der Waals surface area (Å²) in [5, 5.41) is 7.58. The molecule has 14 heavy (non-hydrogen) atoms. The van der Waals surface area contributed by atoms with Gasteiger partial charge in [0.2, 0.25) is 6.29 Å². The molecule has 0 bridgehead atoms. The number of nitrogens with two attached hydrogens (primary N) is 1. The Morgan fingerprint density at radius 1 is 1.36 bits per heavy atom. The van der Waals surface area contributed by atoms with E-state index in [0.717, 1.165) is 11.3 Å². The first kappa shape index (κ1) is 8.83. The van der Waals surface area contributed by atoms with Crippen molar-refractivity contribution in [3.05, 3.63) is 29.8 Å². The molecular weight excluding hydrogens is 180 g/mol. The number of benzene rings is 1. The Morgan fingerprint density at radius 2 is 2.14 bits per heavy atom. The molecule has 72 valence electrons. The van der Waals surface area contributed by atoms with Gasteiger partial charge in [-0.3, -0.25) is 5.73 Å². The van der Waals surface area contributed by atoms with Crippen molar-refractivity contribution < 1.29 is 4.74 Å². The topological polar surface area (TPSA) is 72.3 Å². The van der Waals surface area contributed by atoms with Crippen molar-refractivity contribution in [2.75, 3.05) is 7.11 Å². The molecule has 0 radical (unpaired) electrons. The van der Waals surface area contributed by atoms with E-state index in [1.54, 1.807) is 7.11 Å². The zero-order valence-electron chi connectivity index (χ0n) is 7.71. The summed E-state index contributed by atoms with van der Waals surface area (Å²) in [5.41, 5.74) is 6.28. The first-order chi connectivity index (χ1) is 6.81. The lowest BCUT2D eigenvalue weighted by Crippen LogP contribution is -2.11.